The molecule has 0 fully saturated rings. The van der Waals surface area contributed by atoms with Crippen LogP contribution in [-0.4, -0.2) is 27.5 Å². The summed E-state index contributed by atoms with van der Waals surface area (Å²) in [6.45, 7) is 3.76. The molecule has 5 heteroatoms. The molecular formula is C17H20FN3O. The summed E-state index contributed by atoms with van der Waals surface area (Å²) >= 11 is 0. The Balaban J connectivity index is 1.62. The molecule has 1 aliphatic rings. The lowest BCUT2D eigenvalue weighted by atomic mass is 10.0. The van der Waals surface area contributed by atoms with Crippen molar-refractivity contribution in [2.24, 2.45) is 0 Å². The first kappa shape index (κ1) is 14.9. The molecule has 0 saturated carbocycles. The van der Waals surface area contributed by atoms with Gasteiger partial charge in [-0.3, -0.25) is 9.69 Å². The Morgan fingerprint density at radius 1 is 1.45 bits per heavy atom. The summed E-state index contributed by atoms with van der Waals surface area (Å²) in [7, 11) is 0. The molecule has 1 N–H and O–H groups in total. The smallest absolute Gasteiger partial charge is 0.254 e. The second-order valence-electron chi connectivity index (χ2n) is 5.90. The van der Waals surface area contributed by atoms with Gasteiger partial charge in [-0.25, -0.2) is 9.37 Å². The monoisotopic (exact) mass is 301 g/mol. The Morgan fingerprint density at radius 2 is 2.32 bits per heavy atom. The molecule has 2 aromatic rings. The maximum absolute atomic E-state index is 13.2. The van der Waals surface area contributed by atoms with E-state index in [0.29, 0.717) is 12.6 Å². The molecule has 0 radical (unpaired) electrons. The van der Waals surface area contributed by atoms with Gasteiger partial charge in [0.15, 0.2) is 0 Å². The van der Waals surface area contributed by atoms with Crippen LogP contribution in [0.3, 0.4) is 0 Å². The van der Waals surface area contributed by atoms with E-state index in [4.69, 9.17) is 0 Å². The summed E-state index contributed by atoms with van der Waals surface area (Å²) in [5.41, 5.74) is 2.71. The number of aryl methyl sites for hydroxylation is 1. The normalized spacial score (nSPS) is 16.3. The van der Waals surface area contributed by atoms with Crippen LogP contribution in [0.5, 0.6) is 0 Å². The van der Waals surface area contributed by atoms with E-state index in [-0.39, 0.29) is 11.4 Å². The molecule has 0 bridgehead atoms. The summed E-state index contributed by atoms with van der Waals surface area (Å²) in [6.07, 6.45) is 4.03. The molecular weight excluding hydrogens is 281 g/mol. The molecule has 0 spiro atoms. The maximum Gasteiger partial charge on any atom is 0.254 e. The van der Waals surface area contributed by atoms with E-state index >= 15 is 0 Å². The van der Waals surface area contributed by atoms with Crippen molar-refractivity contribution in [3.8, 4) is 0 Å². The first-order chi connectivity index (χ1) is 10.6. The van der Waals surface area contributed by atoms with E-state index in [1.165, 1.54) is 12.4 Å². The lowest BCUT2D eigenvalue weighted by molar-refractivity contribution is 0.178. The van der Waals surface area contributed by atoms with Crippen LogP contribution in [0, 0.1) is 5.82 Å². The zero-order chi connectivity index (χ0) is 15.5. The maximum atomic E-state index is 13.2. The number of hydrogen-bond acceptors (Lipinski definition) is 3. The number of benzene rings is 1. The zero-order valence-corrected chi connectivity index (χ0v) is 12.7. The predicted octanol–water partition coefficient (Wildman–Crippen LogP) is 2.29. The number of fused-ring (bicyclic) bond motifs is 1. The molecule has 116 valence electrons. The van der Waals surface area contributed by atoms with Crippen molar-refractivity contribution in [1.29, 1.82) is 0 Å². The highest BCUT2D eigenvalue weighted by Crippen LogP contribution is 2.18. The van der Waals surface area contributed by atoms with Crippen molar-refractivity contribution < 1.29 is 4.39 Å². The van der Waals surface area contributed by atoms with Crippen molar-refractivity contribution in [3.05, 3.63) is 63.6 Å². The molecule has 1 aromatic carbocycles. The molecule has 22 heavy (non-hydrogen) atoms. The van der Waals surface area contributed by atoms with E-state index in [9.17, 15) is 9.18 Å². The lowest BCUT2D eigenvalue weighted by Crippen LogP contribution is -2.40. The predicted molar refractivity (Wildman–Crippen MR) is 83.2 cm³/mol. The molecule has 1 aliphatic heterocycles. The van der Waals surface area contributed by atoms with Crippen LogP contribution in [0.15, 0.2) is 35.4 Å². The molecule has 1 unspecified atom stereocenters. The number of nitrogens with zero attached hydrogens (tertiary/aromatic N) is 2. The minimum absolute atomic E-state index is 0.0166. The number of rotatable bonds is 4. The van der Waals surface area contributed by atoms with E-state index < -0.39 is 0 Å². The molecule has 3 rings (SSSR count). The fourth-order valence-corrected chi connectivity index (χ4v) is 3.01. The summed E-state index contributed by atoms with van der Waals surface area (Å²) in [5.74, 6) is -0.180. The van der Waals surface area contributed by atoms with Crippen molar-refractivity contribution in [1.82, 2.24) is 14.9 Å². The number of halogens is 1. The Labute approximate surface area is 129 Å². The third-order valence-corrected chi connectivity index (χ3v) is 4.40. The third-order valence-electron chi connectivity index (χ3n) is 4.40. The summed E-state index contributed by atoms with van der Waals surface area (Å²) in [4.78, 5) is 21.0. The van der Waals surface area contributed by atoms with E-state index in [1.54, 1.807) is 12.1 Å². The van der Waals surface area contributed by atoms with Gasteiger partial charge in [0.2, 0.25) is 0 Å². The Hall–Kier alpha value is -2.01. The average Bonchev–Trinajstić information content (AvgIpc) is 2.52. The van der Waals surface area contributed by atoms with Crippen LogP contribution in [0.1, 0.15) is 30.2 Å². The summed E-state index contributed by atoms with van der Waals surface area (Å²) in [5, 5.41) is 0. The van der Waals surface area contributed by atoms with Crippen LogP contribution in [0.4, 0.5) is 4.39 Å². The number of aromatic amines is 1. The van der Waals surface area contributed by atoms with Gasteiger partial charge in [0, 0.05) is 24.7 Å². The number of H-pyrrole nitrogens is 1. The Morgan fingerprint density at radius 3 is 3.14 bits per heavy atom. The molecule has 1 aromatic heterocycles. The van der Waals surface area contributed by atoms with Gasteiger partial charge in [0.1, 0.15) is 5.82 Å². The SMILES string of the molecule is CC(CCc1cccc(F)c1)N1CCc2c(nc[nH]c2=O)C1. The highest BCUT2D eigenvalue weighted by molar-refractivity contribution is 5.20. The number of hydrogen-bond donors (Lipinski definition) is 1. The lowest BCUT2D eigenvalue weighted by Gasteiger charge is -2.32. The molecule has 1 atom stereocenters. The fourth-order valence-electron chi connectivity index (χ4n) is 3.01. The van der Waals surface area contributed by atoms with E-state index in [2.05, 4.69) is 21.8 Å². The van der Waals surface area contributed by atoms with E-state index in [1.807, 2.05) is 6.07 Å². The zero-order valence-electron chi connectivity index (χ0n) is 12.7. The number of nitrogens with one attached hydrogen (secondary N) is 1. The molecule has 0 amide bonds. The summed E-state index contributed by atoms with van der Waals surface area (Å²) < 4.78 is 13.2. The van der Waals surface area contributed by atoms with Crippen LogP contribution in [0.2, 0.25) is 0 Å². The molecule has 0 saturated heterocycles. The first-order valence-corrected chi connectivity index (χ1v) is 7.67. The van der Waals surface area contributed by atoms with Crippen molar-refractivity contribution in [3.63, 3.8) is 0 Å². The van der Waals surface area contributed by atoms with Gasteiger partial charge < -0.3 is 4.98 Å². The first-order valence-electron chi connectivity index (χ1n) is 7.67. The second kappa shape index (κ2) is 6.40. The van der Waals surface area contributed by atoms with Gasteiger partial charge in [-0.05, 0) is 43.9 Å². The van der Waals surface area contributed by atoms with Gasteiger partial charge in [-0.1, -0.05) is 12.1 Å². The average molecular weight is 301 g/mol. The van der Waals surface area contributed by atoms with Crippen LogP contribution < -0.4 is 5.56 Å². The van der Waals surface area contributed by atoms with Gasteiger partial charge in [-0.15, -0.1) is 0 Å². The minimum Gasteiger partial charge on any atom is -0.313 e. The van der Waals surface area contributed by atoms with Gasteiger partial charge in [-0.2, -0.15) is 0 Å². The second-order valence-corrected chi connectivity index (χ2v) is 5.90. The van der Waals surface area contributed by atoms with Gasteiger partial charge in [0.25, 0.3) is 5.56 Å². The minimum atomic E-state index is -0.180. The largest absolute Gasteiger partial charge is 0.313 e. The molecule has 0 aliphatic carbocycles. The van der Waals surface area contributed by atoms with Crippen molar-refractivity contribution >= 4 is 0 Å². The quantitative estimate of drug-likeness (QED) is 0.942. The van der Waals surface area contributed by atoms with E-state index in [0.717, 1.165) is 42.6 Å². The summed E-state index contributed by atoms with van der Waals surface area (Å²) in [6, 6.07) is 7.15. The van der Waals surface area contributed by atoms with Gasteiger partial charge >= 0.3 is 0 Å². The number of aromatic nitrogens is 2. The molecule has 2 heterocycles. The van der Waals surface area contributed by atoms with Crippen molar-refractivity contribution in [2.45, 2.75) is 38.8 Å². The van der Waals surface area contributed by atoms with Crippen LogP contribution in [-0.2, 0) is 19.4 Å². The van der Waals surface area contributed by atoms with Crippen molar-refractivity contribution in [2.75, 3.05) is 6.54 Å². The third kappa shape index (κ3) is 3.25. The van der Waals surface area contributed by atoms with Crippen LogP contribution in [0.25, 0.3) is 0 Å². The Bertz CT molecular complexity index is 713. The molecule has 4 nitrogen and oxygen atoms in total. The van der Waals surface area contributed by atoms with Gasteiger partial charge in [0.05, 0.1) is 12.0 Å². The Kier molecular flexibility index (Phi) is 4.34. The highest BCUT2D eigenvalue weighted by atomic mass is 19.1. The fraction of sp³-hybridized carbons (Fsp3) is 0.412. The topological polar surface area (TPSA) is 49.0 Å². The standard InChI is InChI=1S/C17H20FN3O/c1-12(5-6-13-3-2-4-14(18)9-13)21-8-7-15-16(10-21)19-11-20-17(15)22/h2-4,9,11-12H,5-8,10H2,1H3,(H,19,20,22). The van der Waals surface area contributed by atoms with Crippen LogP contribution >= 0.6 is 0 Å². The highest BCUT2D eigenvalue weighted by Gasteiger charge is 2.23.